The molecular formula is C19H14F6N4O. The molecule has 158 valence electrons. The minimum Gasteiger partial charge on any atom is -0.473 e. The van der Waals surface area contributed by atoms with Crippen LogP contribution in [0.4, 0.5) is 32.0 Å². The third kappa shape index (κ3) is 2.87. The number of nitrogens with zero attached hydrogens (tertiary/aromatic N) is 3. The van der Waals surface area contributed by atoms with Crippen molar-refractivity contribution in [3.63, 3.8) is 0 Å². The highest BCUT2D eigenvalue weighted by molar-refractivity contribution is 5.65. The Kier molecular flexibility index (Phi) is 4.26. The van der Waals surface area contributed by atoms with E-state index >= 15 is 4.39 Å². The summed E-state index contributed by atoms with van der Waals surface area (Å²) in [4.78, 5) is 0. The first-order valence-electron chi connectivity index (χ1n) is 8.62. The van der Waals surface area contributed by atoms with Crippen molar-refractivity contribution in [1.82, 2.24) is 14.8 Å². The van der Waals surface area contributed by atoms with Gasteiger partial charge in [-0.05, 0) is 31.2 Å². The molecule has 2 N–H and O–H groups in total. The first-order valence-corrected chi connectivity index (χ1v) is 8.62. The normalized spacial score (nSPS) is 20.9. The van der Waals surface area contributed by atoms with Crippen LogP contribution in [-0.2, 0) is 18.8 Å². The van der Waals surface area contributed by atoms with Crippen molar-refractivity contribution >= 4 is 5.69 Å². The Morgan fingerprint density at radius 2 is 1.83 bits per heavy atom. The molecule has 5 nitrogen and oxygen atoms in total. The molecule has 0 radical (unpaired) electrons. The predicted octanol–water partition coefficient (Wildman–Crippen LogP) is 4.68. The van der Waals surface area contributed by atoms with Crippen molar-refractivity contribution in [2.45, 2.75) is 24.9 Å². The maximum absolute atomic E-state index is 15.2. The lowest BCUT2D eigenvalue weighted by Gasteiger charge is -2.25. The molecule has 0 aliphatic carbocycles. The van der Waals surface area contributed by atoms with Gasteiger partial charge in [-0.15, -0.1) is 10.2 Å². The molecule has 2 aromatic carbocycles. The molecule has 0 saturated carbocycles. The van der Waals surface area contributed by atoms with Crippen molar-refractivity contribution in [2.24, 2.45) is 7.05 Å². The molecule has 2 unspecified atom stereocenters. The van der Waals surface area contributed by atoms with Gasteiger partial charge in [0.05, 0.1) is 5.56 Å². The minimum absolute atomic E-state index is 0.101. The largest absolute Gasteiger partial charge is 0.473 e. The van der Waals surface area contributed by atoms with Gasteiger partial charge in [-0.3, -0.25) is 0 Å². The molecular weight excluding hydrogens is 414 g/mol. The second-order valence-electron chi connectivity index (χ2n) is 7.09. The fraction of sp³-hybridized carbons (Fsp3) is 0.263. The van der Waals surface area contributed by atoms with E-state index in [0.717, 1.165) is 22.8 Å². The van der Waals surface area contributed by atoms with E-state index in [9.17, 15) is 22.0 Å². The number of fused-ring (bicyclic) bond motifs is 1. The van der Waals surface area contributed by atoms with Gasteiger partial charge in [-0.1, -0.05) is 0 Å². The lowest BCUT2D eigenvalue weighted by atomic mass is 9.95. The SMILES string of the molecule is Cn1c(-c2ccc(N)cc2C(F)(F)F)nnc1C1(C)Oc2c(F)cc(F)cc2C1F. The van der Waals surface area contributed by atoms with Crippen molar-refractivity contribution in [3.05, 3.63) is 58.9 Å². The van der Waals surface area contributed by atoms with Crippen LogP contribution >= 0.6 is 0 Å². The van der Waals surface area contributed by atoms with Gasteiger partial charge in [0, 0.05) is 29.9 Å². The van der Waals surface area contributed by atoms with Crippen molar-refractivity contribution in [3.8, 4) is 17.1 Å². The van der Waals surface area contributed by atoms with E-state index in [1.54, 1.807) is 0 Å². The highest BCUT2D eigenvalue weighted by Crippen LogP contribution is 2.52. The van der Waals surface area contributed by atoms with Gasteiger partial charge < -0.3 is 15.0 Å². The van der Waals surface area contributed by atoms with E-state index in [1.807, 2.05) is 0 Å². The van der Waals surface area contributed by atoms with Gasteiger partial charge in [0.2, 0.25) is 5.60 Å². The number of hydrogen-bond donors (Lipinski definition) is 1. The molecule has 1 aromatic heterocycles. The molecule has 1 aliphatic heterocycles. The summed E-state index contributed by atoms with van der Waals surface area (Å²) in [5.74, 6) is -3.00. The van der Waals surface area contributed by atoms with Gasteiger partial charge in [-0.25, -0.2) is 13.2 Å². The fourth-order valence-corrected chi connectivity index (χ4v) is 3.58. The average molecular weight is 428 g/mol. The lowest BCUT2D eigenvalue weighted by molar-refractivity contribution is -0.137. The molecule has 30 heavy (non-hydrogen) atoms. The second-order valence-corrected chi connectivity index (χ2v) is 7.09. The molecule has 1 aliphatic rings. The fourth-order valence-electron chi connectivity index (χ4n) is 3.58. The van der Waals surface area contributed by atoms with Crippen LogP contribution in [-0.4, -0.2) is 14.8 Å². The summed E-state index contributed by atoms with van der Waals surface area (Å²) < 4.78 is 89.8. The zero-order valence-electron chi connectivity index (χ0n) is 15.6. The van der Waals surface area contributed by atoms with Gasteiger partial charge in [0.25, 0.3) is 0 Å². The number of halogens is 6. The van der Waals surface area contributed by atoms with Gasteiger partial charge in [0.15, 0.2) is 29.4 Å². The molecule has 3 aromatic rings. The summed E-state index contributed by atoms with van der Waals surface area (Å²) in [5.41, 5.74) is 1.71. The van der Waals surface area contributed by atoms with Gasteiger partial charge in [0.1, 0.15) is 5.82 Å². The van der Waals surface area contributed by atoms with E-state index in [2.05, 4.69) is 10.2 Å². The Labute approximate surface area is 166 Å². The number of aromatic nitrogens is 3. The van der Waals surface area contributed by atoms with Crippen LogP contribution in [0.1, 0.15) is 30.0 Å². The molecule has 2 heterocycles. The Hall–Kier alpha value is -3.24. The first-order chi connectivity index (χ1) is 13.9. The summed E-state index contributed by atoms with van der Waals surface area (Å²) >= 11 is 0. The first kappa shape index (κ1) is 20.0. The summed E-state index contributed by atoms with van der Waals surface area (Å²) in [7, 11) is 1.32. The number of benzene rings is 2. The number of rotatable bonds is 2. The van der Waals surface area contributed by atoms with E-state index in [-0.39, 0.29) is 28.5 Å². The molecule has 11 heteroatoms. The topological polar surface area (TPSA) is 66.0 Å². The molecule has 0 amide bonds. The molecule has 0 spiro atoms. The average Bonchev–Trinajstić information content (AvgIpc) is 3.15. The number of nitrogen functional groups attached to an aromatic ring is 1. The smallest absolute Gasteiger partial charge is 0.417 e. The maximum atomic E-state index is 15.2. The zero-order valence-corrected chi connectivity index (χ0v) is 15.6. The zero-order chi connectivity index (χ0) is 22.0. The predicted molar refractivity (Wildman–Crippen MR) is 94.0 cm³/mol. The Morgan fingerprint density at radius 1 is 1.13 bits per heavy atom. The monoisotopic (exact) mass is 428 g/mol. The van der Waals surface area contributed by atoms with E-state index < -0.39 is 40.9 Å². The third-order valence-electron chi connectivity index (χ3n) is 5.02. The van der Waals surface area contributed by atoms with Crippen molar-refractivity contribution in [1.29, 1.82) is 0 Å². The van der Waals surface area contributed by atoms with Crippen LogP contribution in [0, 0.1) is 11.6 Å². The van der Waals surface area contributed by atoms with Gasteiger partial charge in [-0.2, -0.15) is 13.2 Å². The highest BCUT2D eigenvalue weighted by atomic mass is 19.4. The lowest BCUT2D eigenvalue weighted by Crippen LogP contribution is -2.33. The van der Waals surface area contributed by atoms with Crippen LogP contribution in [0.25, 0.3) is 11.4 Å². The molecule has 0 fully saturated rings. The van der Waals surface area contributed by atoms with E-state index in [1.165, 1.54) is 20.0 Å². The second kappa shape index (κ2) is 6.38. The van der Waals surface area contributed by atoms with Crippen LogP contribution in [0.15, 0.2) is 30.3 Å². The maximum Gasteiger partial charge on any atom is 0.417 e. The van der Waals surface area contributed by atoms with Crippen LogP contribution in [0.3, 0.4) is 0 Å². The highest BCUT2D eigenvalue weighted by Gasteiger charge is 2.52. The number of nitrogens with two attached hydrogens (primary N) is 1. The van der Waals surface area contributed by atoms with Crippen molar-refractivity contribution in [2.75, 3.05) is 5.73 Å². The Morgan fingerprint density at radius 3 is 2.50 bits per heavy atom. The summed E-state index contributed by atoms with van der Waals surface area (Å²) in [5, 5.41) is 7.58. The van der Waals surface area contributed by atoms with Crippen molar-refractivity contribution < 1.29 is 31.1 Å². The minimum atomic E-state index is -4.73. The Bertz CT molecular complexity index is 1160. The Balaban J connectivity index is 1.84. The van der Waals surface area contributed by atoms with E-state index in [4.69, 9.17) is 10.5 Å². The number of alkyl halides is 4. The molecule has 0 bridgehead atoms. The third-order valence-corrected chi connectivity index (χ3v) is 5.02. The molecule has 0 saturated heterocycles. The number of ether oxygens (including phenoxy) is 1. The van der Waals surface area contributed by atoms with Crippen LogP contribution in [0.2, 0.25) is 0 Å². The quantitative estimate of drug-likeness (QED) is 0.476. The van der Waals surface area contributed by atoms with Gasteiger partial charge >= 0.3 is 6.18 Å². The standard InChI is InChI=1S/C19H14F6N4O/c1-18(15(22)11-5-8(20)6-13(21)14(11)30-18)17-28-27-16(29(17)2)10-4-3-9(26)7-12(10)19(23,24)25/h3-7,15H,26H2,1-2H3. The van der Waals surface area contributed by atoms with Crippen LogP contribution in [0.5, 0.6) is 5.75 Å². The molecule has 2 atom stereocenters. The van der Waals surface area contributed by atoms with E-state index in [0.29, 0.717) is 6.07 Å². The van der Waals surface area contributed by atoms with Crippen LogP contribution < -0.4 is 10.5 Å². The summed E-state index contributed by atoms with van der Waals surface area (Å²) in [6.45, 7) is 1.23. The summed E-state index contributed by atoms with van der Waals surface area (Å²) in [6, 6.07) is 4.49. The number of hydrogen-bond acceptors (Lipinski definition) is 4. The number of anilines is 1. The molecule has 4 rings (SSSR count). The summed E-state index contributed by atoms with van der Waals surface area (Å²) in [6.07, 6.45) is -6.77.